The minimum Gasteiger partial charge on any atom is -0.411 e. The van der Waals surface area contributed by atoms with Gasteiger partial charge >= 0.3 is 0 Å². The number of halogens is 1. The zero-order valence-electron chi connectivity index (χ0n) is 19.3. The van der Waals surface area contributed by atoms with Crippen molar-refractivity contribution in [3.05, 3.63) is 53.4 Å². The van der Waals surface area contributed by atoms with Crippen molar-refractivity contribution in [3.63, 3.8) is 0 Å². The molecule has 0 heterocycles. The Hall–Kier alpha value is -1.94. The predicted octanol–water partition coefficient (Wildman–Crippen LogP) is 6.61. The summed E-state index contributed by atoms with van der Waals surface area (Å²) in [7, 11) is 0. The molecule has 32 heavy (non-hydrogen) atoms. The number of hydrogen-bond donors (Lipinski definition) is 2. The molecule has 3 saturated carbocycles. The van der Waals surface area contributed by atoms with E-state index >= 15 is 0 Å². The van der Waals surface area contributed by atoms with Gasteiger partial charge in [-0.2, -0.15) is 0 Å². The summed E-state index contributed by atoms with van der Waals surface area (Å²) < 4.78 is 13.6. The Balaban J connectivity index is 1.39. The summed E-state index contributed by atoms with van der Waals surface area (Å²) in [6, 6.07) is 6.52. The number of oxime groups is 1. The SMILES string of the molecule is C[C@]12CCC(O)CC1=CC[C@@H]1[C@@H]2CC[C@]2(C)C(C(/C=C/c3cccc(F)c3)=N\O)CC[C@@H]12. The lowest BCUT2D eigenvalue weighted by Gasteiger charge is -2.58. The van der Waals surface area contributed by atoms with E-state index in [0.29, 0.717) is 17.8 Å². The van der Waals surface area contributed by atoms with Gasteiger partial charge < -0.3 is 10.3 Å². The molecule has 1 aromatic carbocycles. The molecule has 0 radical (unpaired) electrons. The molecule has 7 atom stereocenters. The van der Waals surface area contributed by atoms with Gasteiger partial charge in [0, 0.05) is 5.92 Å². The number of rotatable bonds is 3. The van der Waals surface area contributed by atoms with Crippen LogP contribution in [-0.4, -0.2) is 22.1 Å². The van der Waals surface area contributed by atoms with Gasteiger partial charge in [-0.25, -0.2) is 4.39 Å². The van der Waals surface area contributed by atoms with Gasteiger partial charge in [0.05, 0.1) is 11.8 Å². The van der Waals surface area contributed by atoms with Gasteiger partial charge in [0.1, 0.15) is 5.82 Å². The molecule has 3 nitrogen and oxygen atoms in total. The van der Waals surface area contributed by atoms with Crippen molar-refractivity contribution in [2.45, 2.75) is 71.3 Å². The van der Waals surface area contributed by atoms with E-state index in [1.807, 2.05) is 18.2 Å². The van der Waals surface area contributed by atoms with E-state index in [-0.39, 0.29) is 28.7 Å². The summed E-state index contributed by atoms with van der Waals surface area (Å²) in [5, 5.41) is 23.9. The Labute approximate surface area is 191 Å². The molecule has 0 spiro atoms. The molecule has 0 aliphatic heterocycles. The first-order valence-electron chi connectivity index (χ1n) is 12.4. The maximum Gasteiger partial charge on any atom is 0.123 e. The van der Waals surface area contributed by atoms with Crippen molar-refractivity contribution in [2.24, 2.45) is 39.7 Å². The molecule has 0 amide bonds. The average Bonchev–Trinajstić information content (AvgIpc) is 3.12. The third-order valence-electron chi connectivity index (χ3n) is 9.85. The van der Waals surface area contributed by atoms with Crippen molar-refractivity contribution >= 4 is 11.8 Å². The first-order chi connectivity index (χ1) is 15.3. The summed E-state index contributed by atoms with van der Waals surface area (Å²) >= 11 is 0. The molecule has 5 rings (SSSR count). The molecule has 1 aromatic rings. The third-order valence-corrected chi connectivity index (χ3v) is 9.85. The molecule has 4 aliphatic carbocycles. The molecule has 3 fully saturated rings. The van der Waals surface area contributed by atoms with Crippen LogP contribution in [0.25, 0.3) is 6.08 Å². The van der Waals surface area contributed by atoms with Gasteiger partial charge in [0.15, 0.2) is 0 Å². The second-order valence-corrected chi connectivity index (χ2v) is 11.2. The molecule has 0 saturated heterocycles. The van der Waals surface area contributed by atoms with E-state index < -0.39 is 0 Å². The number of nitrogens with zero attached hydrogens (tertiary/aromatic N) is 1. The van der Waals surface area contributed by atoms with E-state index in [9.17, 15) is 14.7 Å². The summed E-state index contributed by atoms with van der Waals surface area (Å²) in [6.45, 7) is 4.87. The number of aliphatic hydroxyl groups excluding tert-OH is 1. The second kappa shape index (κ2) is 8.13. The van der Waals surface area contributed by atoms with Gasteiger partial charge in [-0.15, -0.1) is 0 Å². The predicted molar refractivity (Wildman–Crippen MR) is 126 cm³/mol. The Bertz CT molecular complexity index is 968. The molecule has 4 aliphatic rings. The molecule has 0 bridgehead atoms. The van der Waals surface area contributed by atoms with E-state index in [0.717, 1.165) is 49.8 Å². The fourth-order valence-electron chi connectivity index (χ4n) is 8.14. The molecular weight excluding hydrogens is 401 g/mol. The lowest BCUT2D eigenvalue weighted by atomic mass is 9.47. The molecule has 0 aromatic heterocycles. The largest absolute Gasteiger partial charge is 0.411 e. The van der Waals surface area contributed by atoms with Crippen LogP contribution in [0.1, 0.15) is 70.8 Å². The van der Waals surface area contributed by atoms with E-state index in [1.54, 1.807) is 6.07 Å². The van der Waals surface area contributed by atoms with Crippen molar-refractivity contribution in [2.75, 3.05) is 0 Å². The fourth-order valence-corrected chi connectivity index (χ4v) is 8.14. The Morgan fingerprint density at radius 1 is 1.12 bits per heavy atom. The van der Waals surface area contributed by atoms with Crippen LogP contribution in [0.3, 0.4) is 0 Å². The summed E-state index contributed by atoms with van der Waals surface area (Å²) in [5.41, 5.74) is 3.40. The molecule has 172 valence electrons. The Morgan fingerprint density at radius 2 is 1.97 bits per heavy atom. The van der Waals surface area contributed by atoms with Gasteiger partial charge in [0.2, 0.25) is 0 Å². The number of benzene rings is 1. The number of fused-ring (bicyclic) bond motifs is 5. The highest BCUT2D eigenvalue weighted by atomic mass is 19.1. The van der Waals surface area contributed by atoms with Crippen LogP contribution in [0.15, 0.2) is 47.1 Å². The Kier molecular flexibility index (Phi) is 5.56. The monoisotopic (exact) mass is 437 g/mol. The zero-order chi connectivity index (χ0) is 22.5. The quantitative estimate of drug-likeness (QED) is 0.242. The van der Waals surface area contributed by atoms with Gasteiger partial charge in [0.25, 0.3) is 0 Å². The van der Waals surface area contributed by atoms with E-state index in [1.165, 1.54) is 30.5 Å². The molecule has 2 unspecified atom stereocenters. The minimum absolute atomic E-state index is 0.130. The number of aliphatic hydroxyl groups is 1. The maximum absolute atomic E-state index is 13.6. The van der Waals surface area contributed by atoms with Crippen molar-refractivity contribution in [1.29, 1.82) is 0 Å². The summed E-state index contributed by atoms with van der Waals surface area (Å²) in [6.07, 6.45) is 14.7. The van der Waals surface area contributed by atoms with Crippen LogP contribution in [0.4, 0.5) is 4.39 Å². The van der Waals surface area contributed by atoms with Crippen LogP contribution >= 0.6 is 0 Å². The topological polar surface area (TPSA) is 52.8 Å². The maximum atomic E-state index is 13.6. The van der Waals surface area contributed by atoms with Crippen LogP contribution in [0.2, 0.25) is 0 Å². The standard InChI is InChI=1S/C28H36FNO2/c1-27-14-12-21(31)17-19(27)7-8-22-23-9-10-25(28(23,2)15-13-24(22)27)26(30-32)11-6-18-4-3-5-20(29)16-18/h3-7,11,16,21-25,31-32H,8-10,12-15,17H2,1-2H3/b11-6+,30-26-/t21?,22-,23-,24-,25?,27-,28-/m0/s1. The molecule has 4 heteroatoms. The van der Waals surface area contributed by atoms with Crippen LogP contribution in [0, 0.1) is 40.3 Å². The summed E-state index contributed by atoms with van der Waals surface area (Å²) in [5.74, 6) is 1.98. The van der Waals surface area contributed by atoms with Crippen LogP contribution < -0.4 is 0 Å². The first-order valence-corrected chi connectivity index (χ1v) is 12.4. The van der Waals surface area contributed by atoms with Crippen LogP contribution in [0.5, 0.6) is 0 Å². The van der Waals surface area contributed by atoms with Crippen molar-refractivity contribution < 1.29 is 14.7 Å². The third kappa shape index (κ3) is 3.46. The minimum atomic E-state index is -0.255. The smallest absolute Gasteiger partial charge is 0.123 e. The molecule has 2 N–H and O–H groups in total. The van der Waals surface area contributed by atoms with Crippen molar-refractivity contribution in [1.82, 2.24) is 0 Å². The highest BCUT2D eigenvalue weighted by Crippen LogP contribution is 2.66. The van der Waals surface area contributed by atoms with E-state index in [2.05, 4.69) is 25.1 Å². The first kappa shape index (κ1) is 21.9. The lowest BCUT2D eigenvalue weighted by Crippen LogP contribution is -2.51. The van der Waals surface area contributed by atoms with Crippen molar-refractivity contribution in [3.8, 4) is 0 Å². The lowest BCUT2D eigenvalue weighted by molar-refractivity contribution is -0.0424. The highest BCUT2D eigenvalue weighted by molar-refractivity contribution is 6.00. The highest BCUT2D eigenvalue weighted by Gasteiger charge is 2.59. The van der Waals surface area contributed by atoms with Gasteiger partial charge in [-0.3, -0.25) is 0 Å². The van der Waals surface area contributed by atoms with Gasteiger partial charge in [-0.05, 0) is 104 Å². The van der Waals surface area contributed by atoms with Crippen LogP contribution in [-0.2, 0) is 0 Å². The summed E-state index contributed by atoms with van der Waals surface area (Å²) in [4.78, 5) is 0. The average molecular weight is 438 g/mol. The number of allylic oxidation sites excluding steroid dienone is 2. The zero-order valence-corrected chi connectivity index (χ0v) is 19.3. The fraction of sp³-hybridized carbons (Fsp3) is 0.607. The Morgan fingerprint density at radius 3 is 2.75 bits per heavy atom. The molecular formula is C28H36FNO2. The second-order valence-electron chi connectivity index (χ2n) is 11.2. The van der Waals surface area contributed by atoms with Gasteiger partial charge in [-0.1, -0.05) is 48.9 Å². The normalized spacial score (nSPS) is 41.7. The van der Waals surface area contributed by atoms with E-state index in [4.69, 9.17) is 0 Å². The number of hydrogen-bond acceptors (Lipinski definition) is 3.